The van der Waals surface area contributed by atoms with Crippen LogP contribution in [0.2, 0.25) is 0 Å². The number of likely N-dealkylation sites (tertiary alicyclic amines) is 1. The summed E-state index contributed by atoms with van der Waals surface area (Å²) in [5.41, 5.74) is 5.41. The molecule has 0 aliphatic carbocycles. The van der Waals surface area contributed by atoms with Crippen LogP contribution in [0.15, 0.2) is 54.7 Å². The Morgan fingerprint density at radius 2 is 1.76 bits per heavy atom. The van der Waals surface area contributed by atoms with Gasteiger partial charge in [-0.25, -0.2) is 19.7 Å². The molecule has 0 unspecified atom stereocenters. The number of amides is 2. The lowest BCUT2D eigenvalue weighted by atomic mass is 10.0. The summed E-state index contributed by atoms with van der Waals surface area (Å²) in [6.07, 6.45) is 5.24. The number of aromatic amines is 2. The molecule has 232 valence electrons. The van der Waals surface area contributed by atoms with Gasteiger partial charge in [0, 0.05) is 17.7 Å². The number of methoxy groups -OCH3 is 1. The van der Waals surface area contributed by atoms with Crippen LogP contribution in [0.4, 0.5) is 4.79 Å². The highest BCUT2D eigenvalue weighted by molar-refractivity contribution is 5.91. The smallest absolute Gasteiger partial charge is 0.407 e. The molecule has 0 bridgehead atoms. The number of hydrogen-bond donors (Lipinski definition) is 4. The van der Waals surface area contributed by atoms with E-state index in [1.807, 2.05) is 37.1 Å². The van der Waals surface area contributed by atoms with Gasteiger partial charge in [-0.15, -0.1) is 0 Å². The summed E-state index contributed by atoms with van der Waals surface area (Å²) < 4.78 is 4.75. The Balaban J connectivity index is 1.11. The predicted molar refractivity (Wildman–Crippen MR) is 172 cm³/mol. The minimum Gasteiger partial charge on any atom is -0.453 e. The number of hydrogen-bond acceptors (Lipinski definition) is 7. The number of pyridine rings is 1. The van der Waals surface area contributed by atoms with Crippen molar-refractivity contribution in [3.63, 3.8) is 0 Å². The lowest BCUT2D eigenvalue weighted by Gasteiger charge is -2.29. The maximum absolute atomic E-state index is 13.5. The molecule has 7 rings (SSSR count). The third kappa shape index (κ3) is 5.64. The van der Waals surface area contributed by atoms with Crippen molar-refractivity contribution in [3.8, 4) is 22.5 Å². The van der Waals surface area contributed by atoms with Crippen LogP contribution in [-0.2, 0) is 9.53 Å². The lowest BCUT2D eigenvalue weighted by Crippen LogP contribution is -2.51. The Kier molecular flexibility index (Phi) is 7.70. The first-order valence-electron chi connectivity index (χ1n) is 15.7. The molecule has 2 fully saturated rings. The van der Waals surface area contributed by atoms with Crippen molar-refractivity contribution in [3.05, 3.63) is 66.4 Å². The number of nitrogens with one attached hydrogen (secondary N) is 4. The third-order valence-corrected chi connectivity index (χ3v) is 9.04. The highest BCUT2D eigenvalue weighted by Gasteiger charge is 2.37. The van der Waals surface area contributed by atoms with Crippen LogP contribution in [0.25, 0.3) is 44.5 Å². The summed E-state index contributed by atoms with van der Waals surface area (Å²) in [5, 5.41) is 8.47. The molecule has 0 spiro atoms. The first kappa shape index (κ1) is 29.0. The molecule has 2 saturated heterocycles. The fraction of sp³-hybridized carbons (Fsp3) is 0.382. The van der Waals surface area contributed by atoms with Gasteiger partial charge in [0.15, 0.2) is 5.65 Å². The number of imidazole rings is 2. The average Bonchev–Trinajstić information content (AvgIpc) is 3.88. The van der Waals surface area contributed by atoms with Crippen LogP contribution in [0.5, 0.6) is 0 Å². The SMILES string of the molecule is COC(=O)N[C@H](C(=O)N1CCC[C@H]1c1nc2ccc(-c3ccc4cc(-c5cnc([C@@H]6CCCN6)[nH]5)ccc4c3)nc2[nH]1)C(C)C. The molecule has 3 atom stereocenters. The zero-order valence-electron chi connectivity index (χ0n) is 25.8. The van der Waals surface area contributed by atoms with E-state index in [0.717, 1.165) is 70.4 Å². The minimum absolute atomic E-state index is 0.0937. The van der Waals surface area contributed by atoms with Crippen LogP contribution >= 0.6 is 0 Å². The van der Waals surface area contributed by atoms with Crippen molar-refractivity contribution in [2.75, 3.05) is 20.2 Å². The number of rotatable bonds is 7. The second-order valence-electron chi connectivity index (χ2n) is 12.3. The molecule has 2 amide bonds. The summed E-state index contributed by atoms with van der Waals surface area (Å²) >= 11 is 0. The van der Waals surface area contributed by atoms with E-state index in [1.165, 1.54) is 13.5 Å². The molecule has 5 heterocycles. The second-order valence-corrected chi connectivity index (χ2v) is 12.3. The first-order valence-corrected chi connectivity index (χ1v) is 15.7. The van der Waals surface area contributed by atoms with Crippen LogP contribution in [-0.4, -0.2) is 68.1 Å². The Morgan fingerprint density at radius 1 is 0.956 bits per heavy atom. The number of carbonyl (C=O) groups excluding carboxylic acids is 2. The van der Waals surface area contributed by atoms with E-state index < -0.39 is 12.1 Å². The van der Waals surface area contributed by atoms with E-state index in [4.69, 9.17) is 14.7 Å². The normalized spacial score (nSPS) is 19.1. The van der Waals surface area contributed by atoms with Gasteiger partial charge in [-0.05, 0) is 73.2 Å². The van der Waals surface area contributed by atoms with E-state index >= 15 is 0 Å². The van der Waals surface area contributed by atoms with Gasteiger partial charge in [0.2, 0.25) is 5.91 Å². The number of alkyl carbamates (subject to hydrolysis) is 1. The number of ether oxygens (including phenoxy) is 1. The zero-order valence-corrected chi connectivity index (χ0v) is 25.8. The number of fused-ring (bicyclic) bond motifs is 2. The number of benzene rings is 2. The van der Waals surface area contributed by atoms with Gasteiger partial charge in [0.25, 0.3) is 0 Å². The molecule has 0 radical (unpaired) electrons. The van der Waals surface area contributed by atoms with E-state index in [-0.39, 0.29) is 17.9 Å². The summed E-state index contributed by atoms with van der Waals surface area (Å²) in [6, 6.07) is 16.2. The number of aromatic nitrogens is 5. The lowest BCUT2D eigenvalue weighted by molar-refractivity contribution is -0.135. The molecule has 2 aromatic carbocycles. The summed E-state index contributed by atoms with van der Waals surface area (Å²) in [6.45, 7) is 5.46. The van der Waals surface area contributed by atoms with Crippen molar-refractivity contribution in [1.29, 1.82) is 0 Å². The Hall–Kier alpha value is -4.77. The number of nitrogens with zero attached hydrogens (tertiary/aromatic N) is 4. The predicted octanol–water partition coefficient (Wildman–Crippen LogP) is 5.64. The minimum atomic E-state index is -0.678. The molecule has 11 nitrogen and oxygen atoms in total. The molecule has 45 heavy (non-hydrogen) atoms. The maximum atomic E-state index is 13.5. The molecular formula is C34H38N8O3. The maximum Gasteiger partial charge on any atom is 0.407 e. The molecule has 5 aromatic rings. The molecule has 2 aliphatic rings. The van der Waals surface area contributed by atoms with Crippen LogP contribution < -0.4 is 10.6 Å². The van der Waals surface area contributed by atoms with E-state index in [2.05, 4.69) is 62.0 Å². The fourth-order valence-electron chi connectivity index (χ4n) is 6.58. The van der Waals surface area contributed by atoms with Crippen molar-refractivity contribution in [1.82, 2.24) is 40.5 Å². The summed E-state index contributed by atoms with van der Waals surface area (Å²) in [4.78, 5) is 48.5. The quantitative estimate of drug-likeness (QED) is 0.188. The highest BCUT2D eigenvalue weighted by atomic mass is 16.5. The topological polar surface area (TPSA) is 141 Å². The second kappa shape index (κ2) is 12.0. The largest absolute Gasteiger partial charge is 0.453 e. The fourth-order valence-corrected chi connectivity index (χ4v) is 6.58. The molecule has 2 aliphatic heterocycles. The Bertz CT molecular complexity index is 1870. The average molecular weight is 607 g/mol. The van der Waals surface area contributed by atoms with E-state index in [0.29, 0.717) is 24.1 Å². The Labute approximate surface area is 261 Å². The third-order valence-electron chi connectivity index (χ3n) is 9.04. The highest BCUT2D eigenvalue weighted by Crippen LogP contribution is 2.34. The van der Waals surface area contributed by atoms with Gasteiger partial charge in [-0.1, -0.05) is 38.1 Å². The van der Waals surface area contributed by atoms with Crippen molar-refractivity contribution < 1.29 is 14.3 Å². The van der Waals surface area contributed by atoms with Crippen molar-refractivity contribution in [2.45, 2.75) is 57.7 Å². The molecule has 11 heteroatoms. The van der Waals surface area contributed by atoms with Gasteiger partial charge in [0.1, 0.15) is 23.2 Å². The number of carbonyl (C=O) groups is 2. The molecule has 3 aromatic heterocycles. The van der Waals surface area contributed by atoms with Crippen LogP contribution in [0.3, 0.4) is 0 Å². The monoisotopic (exact) mass is 606 g/mol. The summed E-state index contributed by atoms with van der Waals surface area (Å²) in [5.74, 6) is 1.48. The van der Waals surface area contributed by atoms with Crippen molar-refractivity contribution in [2.24, 2.45) is 5.92 Å². The molecule has 0 saturated carbocycles. The van der Waals surface area contributed by atoms with E-state index in [9.17, 15) is 9.59 Å². The van der Waals surface area contributed by atoms with Gasteiger partial charge in [0.05, 0.1) is 36.8 Å². The summed E-state index contributed by atoms with van der Waals surface area (Å²) in [7, 11) is 1.30. The van der Waals surface area contributed by atoms with Gasteiger partial charge in [-0.2, -0.15) is 0 Å². The molecule has 4 N–H and O–H groups in total. The zero-order chi connectivity index (χ0) is 31.1. The van der Waals surface area contributed by atoms with Gasteiger partial charge in [-0.3, -0.25) is 4.79 Å². The van der Waals surface area contributed by atoms with E-state index in [1.54, 1.807) is 0 Å². The van der Waals surface area contributed by atoms with Gasteiger partial charge >= 0.3 is 6.09 Å². The van der Waals surface area contributed by atoms with Gasteiger partial charge < -0.3 is 30.2 Å². The standard InChI is InChI=1S/C34H38N8O3/c1-19(2)29(40-34(44)45-3)33(43)42-15-5-7-28(42)32-38-26-13-12-24(37-31(26)41-32)22-10-8-21-17-23(11-9-20(21)16-22)27-18-36-30(39-27)25-6-4-14-35-25/h8-13,16-19,25,28-29,35H,4-7,14-15H2,1-3H3,(H,36,39)(H,40,44)(H,37,38,41)/t25-,28-,29-/m0/s1. The Morgan fingerprint density at radius 3 is 2.51 bits per heavy atom. The first-order chi connectivity index (χ1) is 21.9. The number of H-pyrrole nitrogens is 2. The molecular weight excluding hydrogens is 568 g/mol. The van der Waals surface area contributed by atoms with Crippen LogP contribution in [0, 0.1) is 5.92 Å². The van der Waals surface area contributed by atoms with Crippen molar-refractivity contribution >= 4 is 33.9 Å². The van der Waals surface area contributed by atoms with Crippen LogP contribution in [0.1, 0.15) is 63.3 Å².